The van der Waals surface area contributed by atoms with Gasteiger partial charge in [0.05, 0.1) is 0 Å². The van der Waals surface area contributed by atoms with E-state index in [1.54, 1.807) is 43.6 Å². The maximum atomic E-state index is 11.6. The van der Waals surface area contributed by atoms with E-state index in [9.17, 15) is 4.79 Å². The molecule has 0 bridgehead atoms. The molecule has 2 aromatic heterocycles. The number of benzene rings is 1. The Morgan fingerprint density at radius 1 is 1.26 bits per heavy atom. The van der Waals surface area contributed by atoms with Gasteiger partial charge in [0.1, 0.15) is 11.3 Å². The van der Waals surface area contributed by atoms with E-state index >= 15 is 0 Å². The molecule has 0 unspecified atom stereocenters. The Kier molecular flexibility index (Phi) is 2.49. The van der Waals surface area contributed by atoms with Crippen molar-refractivity contribution in [3.63, 3.8) is 0 Å². The number of fused-ring (bicyclic) bond motifs is 1. The van der Waals surface area contributed by atoms with Crippen LogP contribution in [0.4, 0.5) is 5.69 Å². The molecule has 0 spiro atoms. The van der Waals surface area contributed by atoms with Crippen molar-refractivity contribution >= 4 is 16.9 Å². The largest absolute Gasteiger partial charge is 0.455 e. The van der Waals surface area contributed by atoms with Gasteiger partial charge >= 0.3 is 5.69 Å². The molecule has 3 N–H and O–H groups in total. The number of nitrogens with one attached hydrogen (secondary N) is 1. The van der Waals surface area contributed by atoms with Crippen molar-refractivity contribution in [2.75, 3.05) is 5.73 Å². The molecule has 0 saturated heterocycles. The normalized spacial score (nSPS) is 10.8. The molecule has 0 fully saturated rings. The first-order valence-electron chi connectivity index (χ1n) is 5.72. The molecule has 2 heterocycles. The van der Waals surface area contributed by atoms with Gasteiger partial charge in [0, 0.05) is 25.0 Å². The second kappa shape index (κ2) is 4.16. The number of pyridine rings is 1. The first-order chi connectivity index (χ1) is 9.15. The summed E-state index contributed by atoms with van der Waals surface area (Å²) in [7, 11) is 1.65. The molecule has 0 aliphatic rings. The van der Waals surface area contributed by atoms with Crippen molar-refractivity contribution in [1.82, 2.24) is 14.5 Å². The Labute approximate surface area is 108 Å². The van der Waals surface area contributed by atoms with Crippen LogP contribution in [0.3, 0.4) is 0 Å². The second-order valence-corrected chi connectivity index (χ2v) is 4.17. The third-order valence-corrected chi connectivity index (χ3v) is 2.85. The van der Waals surface area contributed by atoms with Crippen molar-refractivity contribution in [3.05, 3.63) is 47.0 Å². The summed E-state index contributed by atoms with van der Waals surface area (Å²) in [6.45, 7) is 0. The predicted octanol–water partition coefficient (Wildman–Crippen LogP) is 1.64. The SMILES string of the molecule is Cn1c(=O)[nH]c2c(Oc3ccc(N)cc3)ccnc21. The minimum atomic E-state index is -0.226. The summed E-state index contributed by atoms with van der Waals surface area (Å²) < 4.78 is 7.17. The number of H-pyrrole nitrogens is 1. The third-order valence-electron chi connectivity index (χ3n) is 2.85. The molecule has 1 aromatic carbocycles. The highest BCUT2D eigenvalue weighted by Gasteiger charge is 2.10. The molecule has 0 aliphatic carbocycles. The Morgan fingerprint density at radius 2 is 2.00 bits per heavy atom. The van der Waals surface area contributed by atoms with Crippen LogP contribution in [0.25, 0.3) is 11.2 Å². The molecule has 96 valence electrons. The molecular formula is C13H12N4O2. The summed E-state index contributed by atoms with van der Waals surface area (Å²) >= 11 is 0. The highest BCUT2D eigenvalue weighted by atomic mass is 16.5. The van der Waals surface area contributed by atoms with Crippen LogP contribution in [0.15, 0.2) is 41.3 Å². The van der Waals surface area contributed by atoms with Crippen molar-refractivity contribution in [3.8, 4) is 11.5 Å². The lowest BCUT2D eigenvalue weighted by atomic mass is 10.3. The van der Waals surface area contributed by atoms with Crippen LogP contribution >= 0.6 is 0 Å². The summed E-state index contributed by atoms with van der Waals surface area (Å²) in [5, 5.41) is 0. The van der Waals surface area contributed by atoms with Gasteiger partial charge in [0.15, 0.2) is 11.4 Å². The fourth-order valence-electron chi connectivity index (χ4n) is 1.84. The maximum Gasteiger partial charge on any atom is 0.327 e. The number of rotatable bonds is 2. The lowest BCUT2D eigenvalue weighted by Crippen LogP contribution is -2.12. The van der Waals surface area contributed by atoms with Crippen LogP contribution in [0.5, 0.6) is 11.5 Å². The minimum absolute atomic E-state index is 0.226. The summed E-state index contributed by atoms with van der Waals surface area (Å²) in [5.41, 5.74) is 7.19. The number of aromatic nitrogens is 3. The van der Waals surface area contributed by atoms with Gasteiger partial charge in [-0.2, -0.15) is 0 Å². The quantitative estimate of drug-likeness (QED) is 0.682. The first kappa shape index (κ1) is 11.3. The van der Waals surface area contributed by atoms with Crippen LogP contribution < -0.4 is 16.2 Å². The number of imidazole rings is 1. The third kappa shape index (κ3) is 1.93. The minimum Gasteiger partial charge on any atom is -0.455 e. The molecular weight excluding hydrogens is 244 g/mol. The summed E-state index contributed by atoms with van der Waals surface area (Å²) in [6.07, 6.45) is 1.60. The standard InChI is InChI=1S/C13H12N4O2/c1-17-12-11(16-13(17)18)10(6-7-15-12)19-9-4-2-8(14)3-5-9/h2-7H,14H2,1H3,(H,16,18). The number of nitrogens with zero attached hydrogens (tertiary/aromatic N) is 2. The van der Waals surface area contributed by atoms with E-state index < -0.39 is 0 Å². The average Bonchev–Trinajstić information content (AvgIpc) is 2.70. The van der Waals surface area contributed by atoms with Crippen LogP contribution in [-0.4, -0.2) is 14.5 Å². The average molecular weight is 256 g/mol. The maximum absolute atomic E-state index is 11.6. The summed E-state index contributed by atoms with van der Waals surface area (Å²) in [4.78, 5) is 18.5. The van der Waals surface area contributed by atoms with Gasteiger partial charge in [-0.15, -0.1) is 0 Å². The molecule has 6 nitrogen and oxygen atoms in total. The molecule has 0 radical (unpaired) electrons. The predicted molar refractivity (Wildman–Crippen MR) is 72.3 cm³/mol. The fraction of sp³-hybridized carbons (Fsp3) is 0.0769. The van der Waals surface area contributed by atoms with Gasteiger partial charge in [0.25, 0.3) is 0 Å². The van der Waals surface area contributed by atoms with E-state index in [2.05, 4.69) is 9.97 Å². The zero-order valence-corrected chi connectivity index (χ0v) is 10.3. The number of aromatic amines is 1. The zero-order chi connectivity index (χ0) is 13.4. The Bertz CT molecular complexity index is 787. The van der Waals surface area contributed by atoms with Gasteiger partial charge in [-0.3, -0.25) is 4.57 Å². The number of ether oxygens (including phenoxy) is 1. The van der Waals surface area contributed by atoms with Crippen molar-refractivity contribution < 1.29 is 4.74 Å². The van der Waals surface area contributed by atoms with E-state index in [1.807, 2.05) is 0 Å². The van der Waals surface area contributed by atoms with Gasteiger partial charge in [-0.05, 0) is 24.3 Å². The molecule has 0 amide bonds. The number of nitrogen functional groups attached to an aromatic ring is 1. The molecule has 0 aliphatic heterocycles. The van der Waals surface area contributed by atoms with E-state index in [0.29, 0.717) is 28.4 Å². The van der Waals surface area contributed by atoms with Crippen LogP contribution in [-0.2, 0) is 7.05 Å². The summed E-state index contributed by atoms with van der Waals surface area (Å²) in [5.74, 6) is 1.19. The monoisotopic (exact) mass is 256 g/mol. The van der Waals surface area contributed by atoms with Gasteiger partial charge < -0.3 is 15.5 Å². The molecule has 3 aromatic rings. The number of aryl methyl sites for hydroxylation is 1. The molecule has 6 heteroatoms. The lowest BCUT2D eigenvalue weighted by molar-refractivity contribution is 0.487. The van der Waals surface area contributed by atoms with Gasteiger partial charge in [0.2, 0.25) is 0 Å². The van der Waals surface area contributed by atoms with Crippen molar-refractivity contribution in [2.24, 2.45) is 7.05 Å². The molecule has 19 heavy (non-hydrogen) atoms. The fourth-order valence-corrected chi connectivity index (χ4v) is 1.84. The second-order valence-electron chi connectivity index (χ2n) is 4.17. The molecule has 0 atom stereocenters. The van der Waals surface area contributed by atoms with Gasteiger partial charge in [-0.25, -0.2) is 9.78 Å². The van der Waals surface area contributed by atoms with Crippen LogP contribution in [0.1, 0.15) is 0 Å². The zero-order valence-electron chi connectivity index (χ0n) is 10.3. The van der Waals surface area contributed by atoms with E-state index in [-0.39, 0.29) is 5.69 Å². The number of nitrogens with two attached hydrogens (primary N) is 1. The smallest absolute Gasteiger partial charge is 0.327 e. The Hall–Kier alpha value is -2.76. The molecule has 0 saturated carbocycles. The highest BCUT2D eigenvalue weighted by Crippen LogP contribution is 2.26. The van der Waals surface area contributed by atoms with Crippen LogP contribution in [0, 0.1) is 0 Å². The topological polar surface area (TPSA) is 85.9 Å². The van der Waals surface area contributed by atoms with E-state index in [4.69, 9.17) is 10.5 Å². The number of hydrogen-bond acceptors (Lipinski definition) is 4. The highest BCUT2D eigenvalue weighted by molar-refractivity contribution is 5.78. The van der Waals surface area contributed by atoms with Crippen molar-refractivity contribution in [1.29, 1.82) is 0 Å². The Morgan fingerprint density at radius 3 is 2.74 bits per heavy atom. The van der Waals surface area contributed by atoms with Gasteiger partial charge in [-0.1, -0.05) is 0 Å². The number of hydrogen-bond donors (Lipinski definition) is 2. The molecule has 3 rings (SSSR count). The van der Waals surface area contributed by atoms with E-state index in [1.165, 1.54) is 4.57 Å². The van der Waals surface area contributed by atoms with Crippen LogP contribution in [0.2, 0.25) is 0 Å². The van der Waals surface area contributed by atoms with Crippen molar-refractivity contribution in [2.45, 2.75) is 0 Å². The lowest BCUT2D eigenvalue weighted by Gasteiger charge is -2.06. The van der Waals surface area contributed by atoms with E-state index in [0.717, 1.165) is 0 Å². The Balaban J connectivity index is 2.08. The first-order valence-corrected chi connectivity index (χ1v) is 5.72. The number of anilines is 1. The summed E-state index contributed by atoms with van der Waals surface area (Å²) in [6, 6.07) is 8.74.